The molecule has 0 unspecified atom stereocenters. The van der Waals surface area contributed by atoms with Crippen LogP contribution < -0.4 is 10.6 Å². The predicted molar refractivity (Wildman–Crippen MR) is 96.0 cm³/mol. The Morgan fingerprint density at radius 3 is 2.72 bits per heavy atom. The third-order valence-corrected chi connectivity index (χ3v) is 4.73. The molecule has 2 atom stereocenters. The zero-order valence-electron chi connectivity index (χ0n) is 15.1. The third kappa shape index (κ3) is 4.60. The van der Waals surface area contributed by atoms with Gasteiger partial charge in [-0.05, 0) is 25.3 Å². The Morgan fingerprint density at radius 2 is 2.04 bits per heavy atom. The van der Waals surface area contributed by atoms with E-state index in [1.54, 1.807) is 0 Å². The van der Waals surface area contributed by atoms with Gasteiger partial charge in [0, 0.05) is 25.7 Å². The second-order valence-electron chi connectivity index (χ2n) is 6.84. The Bertz CT molecular complexity index is 694. The number of urea groups is 1. The zero-order valence-corrected chi connectivity index (χ0v) is 15.1. The monoisotopic (exact) mass is 342 g/mol. The standard InChI is InChI=1S/C19H26N4O2/c1-13-10-23(11-16-7-5-4-6-8-16)12-17(13)22-19(24)20-9-18-21-14(2)15(3)25-18/h4-8,13,17H,9-12H2,1-3H3,(H2,20,22,24)/t13-,17+/m0/s1. The van der Waals surface area contributed by atoms with Crippen molar-refractivity contribution in [2.45, 2.75) is 39.9 Å². The molecule has 25 heavy (non-hydrogen) atoms. The molecule has 0 saturated carbocycles. The first-order chi connectivity index (χ1) is 12.0. The normalized spacial score (nSPS) is 20.6. The molecular formula is C19H26N4O2. The average Bonchev–Trinajstić information content (AvgIpc) is 3.08. The number of amides is 2. The van der Waals surface area contributed by atoms with E-state index in [2.05, 4.69) is 51.7 Å². The predicted octanol–water partition coefficient (Wildman–Crippen LogP) is 2.61. The number of likely N-dealkylation sites (tertiary alicyclic amines) is 1. The lowest BCUT2D eigenvalue weighted by Crippen LogP contribution is -2.45. The minimum absolute atomic E-state index is 0.150. The lowest BCUT2D eigenvalue weighted by atomic mass is 10.1. The van der Waals surface area contributed by atoms with E-state index in [0.717, 1.165) is 31.1 Å². The second kappa shape index (κ2) is 7.70. The molecular weight excluding hydrogens is 316 g/mol. The van der Waals surface area contributed by atoms with E-state index in [1.807, 2.05) is 19.9 Å². The summed E-state index contributed by atoms with van der Waals surface area (Å²) in [7, 11) is 0. The van der Waals surface area contributed by atoms with Crippen molar-refractivity contribution in [3.05, 3.63) is 53.2 Å². The lowest BCUT2D eigenvalue weighted by molar-refractivity contribution is 0.233. The molecule has 6 heteroatoms. The van der Waals surface area contributed by atoms with Gasteiger partial charge < -0.3 is 15.1 Å². The summed E-state index contributed by atoms with van der Waals surface area (Å²) in [4.78, 5) is 18.8. The van der Waals surface area contributed by atoms with Gasteiger partial charge in [-0.25, -0.2) is 9.78 Å². The molecule has 0 spiro atoms. The number of nitrogens with zero attached hydrogens (tertiary/aromatic N) is 2. The number of nitrogens with one attached hydrogen (secondary N) is 2. The summed E-state index contributed by atoms with van der Waals surface area (Å²) in [5.41, 5.74) is 2.16. The van der Waals surface area contributed by atoms with Crippen LogP contribution in [0.4, 0.5) is 4.79 Å². The van der Waals surface area contributed by atoms with Crippen molar-refractivity contribution >= 4 is 6.03 Å². The number of carbonyl (C=O) groups excluding carboxylic acids is 1. The molecule has 1 fully saturated rings. The molecule has 2 heterocycles. The number of benzene rings is 1. The topological polar surface area (TPSA) is 70.4 Å². The summed E-state index contributed by atoms with van der Waals surface area (Å²) < 4.78 is 5.48. The summed E-state index contributed by atoms with van der Waals surface area (Å²) in [6.07, 6.45) is 0. The zero-order chi connectivity index (χ0) is 17.8. The number of carbonyl (C=O) groups is 1. The highest BCUT2D eigenvalue weighted by molar-refractivity contribution is 5.74. The maximum absolute atomic E-state index is 12.2. The molecule has 1 aromatic carbocycles. The fourth-order valence-corrected chi connectivity index (χ4v) is 3.22. The van der Waals surface area contributed by atoms with E-state index in [1.165, 1.54) is 5.56 Å². The van der Waals surface area contributed by atoms with Gasteiger partial charge in [-0.3, -0.25) is 4.90 Å². The molecule has 1 aliphatic rings. The van der Waals surface area contributed by atoms with E-state index < -0.39 is 0 Å². The number of rotatable bonds is 5. The smallest absolute Gasteiger partial charge is 0.315 e. The second-order valence-corrected chi connectivity index (χ2v) is 6.84. The molecule has 2 aromatic rings. The van der Waals surface area contributed by atoms with Crippen LogP contribution in [0.1, 0.15) is 29.8 Å². The number of hydrogen-bond donors (Lipinski definition) is 2. The summed E-state index contributed by atoms with van der Waals surface area (Å²) in [6, 6.07) is 10.4. The number of aromatic nitrogens is 1. The van der Waals surface area contributed by atoms with Gasteiger partial charge in [0.15, 0.2) is 0 Å². The van der Waals surface area contributed by atoms with E-state index >= 15 is 0 Å². The van der Waals surface area contributed by atoms with Crippen molar-refractivity contribution in [3.8, 4) is 0 Å². The molecule has 1 saturated heterocycles. The fraction of sp³-hybridized carbons (Fsp3) is 0.474. The van der Waals surface area contributed by atoms with Crippen molar-refractivity contribution < 1.29 is 9.21 Å². The first-order valence-electron chi connectivity index (χ1n) is 8.75. The van der Waals surface area contributed by atoms with Crippen molar-refractivity contribution in [3.63, 3.8) is 0 Å². The fourth-order valence-electron chi connectivity index (χ4n) is 3.22. The van der Waals surface area contributed by atoms with Crippen molar-refractivity contribution in [1.29, 1.82) is 0 Å². The summed E-state index contributed by atoms with van der Waals surface area (Å²) in [6.45, 7) is 9.00. The average molecular weight is 342 g/mol. The van der Waals surface area contributed by atoms with Crippen LogP contribution in [0, 0.1) is 19.8 Å². The van der Waals surface area contributed by atoms with Gasteiger partial charge >= 0.3 is 6.03 Å². The Hall–Kier alpha value is -2.34. The quantitative estimate of drug-likeness (QED) is 0.876. The summed E-state index contributed by atoms with van der Waals surface area (Å²) in [5, 5.41) is 5.90. The highest BCUT2D eigenvalue weighted by Gasteiger charge is 2.30. The van der Waals surface area contributed by atoms with E-state index in [9.17, 15) is 4.79 Å². The van der Waals surface area contributed by atoms with Crippen LogP contribution in [0.3, 0.4) is 0 Å². The maximum Gasteiger partial charge on any atom is 0.315 e. The van der Waals surface area contributed by atoms with Gasteiger partial charge in [-0.15, -0.1) is 0 Å². The van der Waals surface area contributed by atoms with Crippen molar-refractivity contribution in [2.24, 2.45) is 5.92 Å². The Morgan fingerprint density at radius 1 is 1.28 bits per heavy atom. The van der Waals surface area contributed by atoms with Crippen molar-refractivity contribution in [1.82, 2.24) is 20.5 Å². The minimum Gasteiger partial charge on any atom is -0.444 e. The van der Waals surface area contributed by atoms with E-state index in [-0.39, 0.29) is 12.1 Å². The van der Waals surface area contributed by atoms with Crippen molar-refractivity contribution in [2.75, 3.05) is 13.1 Å². The minimum atomic E-state index is -0.174. The van der Waals surface area contributed by atoms with Crippen LogP contribution in [0.15, 0.2) is 34.7 Å². The molecule has 1 aromatic heterocycles. The van der Waals surface area contributed by atoms with Crippen LogP contribution in [-0.4, -0.2) is 35.0 Å². The summed E-state index contributed by atoms with van der Waals surface area (Å²) in [5.74, 6) is 1.74. The van der Waals surface area contributed by atoms with E-state index in [4.69, 9.17) is 4.42 Å². The maximum atomic E-state index is 12.2. The highest BCUT2D eigenvalue weighted by atomic mass is 16.4. The first kappa shape index (κ1) is 17.5. The number of aryl methyl sites for hydroxylation is 2. The Labute approximate surface area is 148 Å². The molecule has 3 rings (SSSR count). The first-order valence-corrected chi connectivity index (χ1v) is 8.75. The molecule has 2 N–H and O–H groups in total. The van der Waals surface area contributed by atoms with Gasteiger partial charge in [0.2, 0.25) is 5.89 Å². The molecule has 0 aliphatic carbocycles. The SMILES string of the molecule is Cc1nc(CNC(=O)N[C@@H]2CN(Cc3ccccc3)C[C@@H]2C)oc1C. The number of oxazole rings is 1. The molecule has 0 radical (unpaired) electrons. The molecule has 0 bridgehead atoms. The lowest BCUT2D eigenvalue weighted by Gasteiger charge is -2.17. The molecule has 134 valence electrons. The van der Waals surface area contributed by atoms with Gasteiger partial charge in [-0.2, -0.15) is 0 Å². The van der Waals surface area contributed by atoms with Gasteiger partial charge in [0.05, 0.1) is 12.2 Å². The van der Waals surface area contributed by atoms with Gasteiger partial charge in [0.25, 0.3) is 0 Å². The largest absolute Gasteiger partial charge is 0.444 e. The van der Waals surface area contributed by atoms with Gasteiger partial charge in [-0.1, -0.05) is 37.3 Å². The third-order valence-electron chi connectivity index (χ3n) is 4.73. The van der Waals surface area contributed by atoms with Crippen LogP contribution in [0.2, 0.25) is 0 Å². The Balaban J connectivity index is 1.46. The molecule has 6 nitrogen and oxygen atoms in total. The summed E-state index contributed by atoms with van der Waals surface area (Å²) >= 11 is 0. The molecule has 2 amide bonds. The van der Waals surface area contributed by atoms with Crippen LogP contribution in [0.5, 0.6) is 0 Å². The van der Waals surface area contributed by atoms with Crippen LogP contribution >= 0.6 is 0 Å². The van der Waals surface area contributed by atoms with Crippen LogP contribution in [-0.2, 0) is 13.1 Å². The Kier molecular flexibility index (Phi) is 5.38. The molecule has 1 aliphatic heterocycles. The number of hydrogen-bond acceptors (Lipinski definition) is 4. The van der Waals surface area contributed by atoms with Gasteiger partial charge in [0.1, 0.15) is 5.76 Å². The van der Waals surface area contributed by atoms with E-state index in [0.29, 0.717) is 18.4 Å². The highest BCUT2D eigenvalue weighted by Crippen LogP contribution is 2.19. The van der Waals surface area contributed by atoms with Crippen LogP contribution in [0.25, 0.3) is 0 Å².